The van der Waals surface area contributed by atoms with E-state index in [4.69, 9.17) is 4.74 Å². The van der Waals surface area contributed by atoms with Crippen molar-refractivity contribution < 1.29 is 50.2 Å². The van der Waals surface area contributed by atoms with E-state index in [1.807, 2.05) is 6.92 Å². The fourth-order valence-corrected chi connectivity index (χ4v) is 9.87. The summed E-state index contributed by atoms with van der Waals surface area (Å²) in [6, 6.07) is 4.63. The summed E-state index contributed by atoms with van der Waals surface area (Å²) in [6.07, 6.45) is -0.0397. The van der Waals surface area contributed by atoms with E-state index in [1.54, 1.807) is 33.9 Å². The standard InChI is InChI=1S/C38H42F7N5O4/c1-20-8-21-10-23(9-20)37(14-21,34(52)53)48-33(51)28-15-46-32(47-31(28)38(43,44)45)29-17-50(24-4-6-35(39,40)7-5-24)30-13-25(2-3-27(29)30)54-26-11-22(12-26)16-49-18-36(41,42)19-49/h2-3,13,15,17,20-24,26H,4-12,14,16,18-19H2,1H3,(H,48,51)(H,52,53). The Morgan fingerprint density at radius 2 is 1.74 bits per heavy atom. The molecule has 5 fully saturated rings. The molecular weight excluding hydrogens is 723 g/mol. The van der Waals surface area contributed by atoms with Crippen LogP contribution in [0.2, 0.25) is 0 Å². The van der Waals surface area contributed by atoms with Crippen LogP contribution in [0, 0.1) is 23.7 Å². The lowest BCUT2D eigenvalue weighted by Crippen LogP contribution is -2.58. The summed E-state index contributed by atoms with van der Waals surface area (Å²) in [6.45, 7) is 2.07. The molecule has 5 aliphatic rings. The number of aromatic nitrogens is 3. The summed E-state index contributed by atoms with van der Waals surface area (Å²) in [5, 5.41) is 13.2. The molecule has 1 amide bonds. The first kappa shape index (κ1) is 37.0. The predicted molar refractivity (Wildman–Crippen MR) is 181 cm³/mol. The van der Waals surface area contributed by atoms with Crippen LogP contribution in [0.15, 0.2) is 30.6 Å². The summed E-state index contributed by atoms with van der Waals surface area (Å²) >= 11 is 0. The number of nitrogens with zero attached hydrogens (tertiary/aromatic N) is 4. The number of rotatable bonds is 9. The molecular formula is C38H42F7N5O4. The second-order valence-corrected chi connectivity index (χ2v) is 16.6. The number of aliphatic carboxylic acids is 1. The third kappa shape index (κ3) is 6.91. The highest BCUT2D eigenvalue weighted by Gasteiger charge is 2.57. The maximum atomic E-state index is 14.7. The van der Waals surface area contributed by atoms with Crippen LogP contribution in [-0.2, 0) is 11.0 Å². The number of halogens is 7. The van der Waals surface area contributed by atoms with Gasteiger partial charge in [-0.25, -0.2) is 32.3 Å². The van der Waals surface area contributed by atoms with Gasteiger partial charge in [0.15, 0.2) is 11.5 Å². The van der Waals surface area contributed by atoms with E-state index in [1.165, 1.54) is 0 Å². The number of hydrogen-bond acceptors (Lipinski definition) is 6. The van der Waals surface area contributed by atoms with E-state index in [0.29, 0.717) is 48.9 Å². The molecule has 4 saturated carbocycles. The zero-order valence-corrected chi connectivity index (χ0v) is 29.6. The third-order valence-electron chi connectivity index (χ3n) is 12.4. The second-order valence-electron chi connectivity index (χ2n) is 16.6. The molecule has 2 bridgehead atoms. The third-order valence-corrected chi connectivity index (χ3v) is 12.4. The predicted octanol–water partition coefficient (Wildman–Crippen LogP) is 7.99. The van der Waals surface area contributed by atoms with Gasteiger partial charge >= 0.3 is 12.1 Å². The molecule has 0 radical (unpaired) electrons. The number of alkyl halides is 7. The van der Waals surface area contributed by atoms with E-state index in [9.17, 15) is 45.4 Å². The fourth-order valence-electron chi connectivity index (χ4n) is 9.87. The Morgan fingerprint density at radius 1 is 1.02 bits per heavy atom. The number of carbonyl (C=O) groups excluding carboxylic acids is 1. The lowest BCUT2D eigenvalue weighted by molar-refractivity contribution is -0.146. The topological polar surface area (TPSA) is 110 Å². The van der Waals surface area contributed by atoms with Gasteiger partial charge in [-0.15, -0.1) is 0 Å². The fraction of sp³-hybridized carbons (Fsp3) is 0.632. The first-order chi connectivity index (χ1) is 25.4. The number of carboxylic acid groups (broad SMARTS) is 1. The number of amides is 1. The average molecular weight is 766 g/mol. The molecule has 2 aromatic heterocycles. The highest BCUT2D eigenvalue weighted by Crippen LogP contribution is 2.51. The molecule has 1 saturated heterocycles. The van der Waals surface area contributed by atoms with Crippen LogP contribution in [0.1, 0.15) is 93.2 Å². The molecule has 2 N–H and O–H groups in total. The number of carbonyl (C=O) groups is 2. The normalized spacial score (nSPS) is 30.8. The van der Waals surface area contributed by atoms with Gasteiger partial charge in [0.25, 0.3) is 11.8 Å². The summed E-state index contributed by atoms with van der Waals surface area (Å²) in [4.78, 5) is 36.0. The van der Waals surface area contributed by atoms with Crippen molar-refractivity contribution in [1.29, 1.82) is 0 Å². The molecule has 9 nitrogen and oxygen atoms in total. The van der Waals surface area contributed by atoms with E-state index in [2.05, 4.69) is 15.3 Å². The number of benzene rings is 1. The molecule has 16 heteroatoms. The molecule has 1 aliphatic heterocycles. The lowest BCUT2D eigenvalue weighted by atomic mass is 9.78. The maximum absolute atomic E-state index is 14.7. The van der Waals surface area contributed by atoms with Crippen molar-refractivity contribution in [2.45, 2.75) is 107 Å². The minimum absolute atomic E-state index is 0.0358. The maximum Gasteiger partial charge on any atom is 0.434 e. The summed E-state index contributed by atoms with van der Waals surface area (Å²) < 4.78 is 107. The Morgan fingerprint density at radius 3 is 2.41 bits per heavy atom. The van der Waals surface area contributed by atoms with Crippen molar-refractivity contribution in [3.63, 3.8) is 0 Å². The first-order valence-electron chi connectivity index (χ1n) is 18.7. The number of carboxylic acids is 1. The Bertz CT molecular complexity index is 1950. The van der Waals surface area contributed by atoms with E-state index >= 15 is 0 Å². The SMILES string of the molecule is CC1CC2CC(C1)C(NC(=O)c1cnc(-c3cn(C4CCC(F)(F)CC4)c4cc(OC5CC(CN6CC(F)(F)C6)C5)ccc34)nc1C(F)(F)F)(C(=O)O)C2. The van der Waals surface area contributed by atoms with E-state index in [0.717, 1.165) is 12.6 Å². The lowest BCUT2D eigenvalue weighted by Gasteiger charge is -2.44. The number of ether oxygens (including phenoxy) is 1. The number of hydrogen-bond donors (Lipinski definition) is 2. The van der Waals surface area contributed by atoms with Gasteiger partial charge in [0, 0.05) is 54.8 Å². The molecule has 3 aromatic rings. The van der Waals surface area contributed by atoms with Gasteiger partial charge < -0.3 is 19.7 Å². The number of fused-ring (bicyclic) bond motifs is 3. The molecule has 4 unspecified atom stereocenters. The van der Waals surface area contributed by atoms with Crippen molar-refractivity contribution in [2.24, 2.45) is 23.7 Å². The van der Waals surface area contributed by atoms with E-state index in [-0.39, 0.29) is 80.4 Å². The van der Waals surface area contributed by atoms with Gasteiger partial charge in [-0.2, -0.15) is 13.2 Å². The van der Waals surface area contributed by atoms with Crippen molar-refractivity contribution in [2.75, 3.05) is 19.6 Å². The summed E-state index contributed by atoms with van der Waals surface area (Å²) in [5.74, 6) is -7.77. The van der Waals surface area contributed by atoms with Crippen LogP contribution >= 0.6 is 0 Å². The van der Waals surface area contributed by atoms with Crippen molar-refractivity contribution in [3.05, 3.63) is 41.9 Å². The molecule has 4 atom stereocenters. The summed E-state index contributed by atoms with van der Waals surface area (Å²) in [7, 11) is 0. The molecule has 4 aliphatic carbocycles. The van der Waals surface area contributed by atoms with Gasteiger partial charge in [-0.3, -0.25) is 9.69 Å². The van der Waals surface area contributed by atoms with Crippen LogP contribution in [0.3, 0.4) is 0 Å². The van der Waals surface area contributed by atoms with Crippen LogP contribution in [0.25, 0.3) is 22.3 Å². The van der Waals surface area contributed by atoms with Crippen molar-refractivity contribution in [1.82, 2.24) is 24.8 Å². The molecule has 8 rings (SSSR count). The number of nitrogens with one attached hydrogen (secondary N) is 1. The quantitative estimate of drug-likeness (QED) is 0.213. The average Bonchev–Trinajstić information content (AvgIpc) is 3.56. The molecule has 0 spiro atoms. The largest absolute Gasteiger partial charge is 0.490 e. The van der Waals surface area contributed by atoms with Crippen molar-refractivity contribution >= 4 is 22.8 Å². The monoisotopic (exact) mass is 765 g/mol. The molecule has 292 valence electrons. The molecule has 1 aromatic carbocycles. The van der Waals surface area contributed by atoms with Gasteiger partial charge in [0.2, 0.25) is 5.92 Å². The number of likely N-dealkylation sites (tertiary alicyclic amines) is 1. The smallest absolute Gasteiger partial charge is 0.434 e. The van der Waals surface area contributed by atoms with Gasteiger partial charge in [-0.1, -0.05) is 6.92 Å². The first-order valence-corrected chi connectivity index (χ1v) is 18.7. The highest BCUT2D eigenvalue weighted by atomic mass is 19.4. The van der Waals surface area contributed by atoms with Gasteiger partial charge in [0.1, 0.15) is 11.3 Å². The zero-order chi connectivity index (χ0) is 38.4. The van der Waals surface area contributed by atoms with Crippen molar-refractivity contribution in [3.8, 4) is 17.1 Å². The Balaban J connectivity index is 1.08. The molecule has 3 heterocycles. The Kier molecular flexibility index (Phi) is 8.96. The Labute approximate surface area is 306 Å². The van der Waals surface area contributed by atoms with Crippen LogP contribution < -0.4 is 10.1 Å². The van der Waals surface area contributed by atoms with Gasteiger partial charge in [0.05, 0.1) is 30.3 Å². The Hall–Kier alpha value is -3.95. The molecule has 54 heavy (non-hydrogen) atoms. The van der Waals surface area contributed by atoms with Crippen LogP contribution in [0.5, 0.6) is 5.75 Å². The minimum atomic E-state index is -5.10. The second kappa shape index (κ2) is 13.1. The summed E-state index contributed by atoms with van der Waals surface area (Å²) in [5.41, 5.74) is -3.39. The van der Waals surface area contributed by atoms with E-state index < -0.39 is 58.7 Å². The zero-order valence-electron chi connectivity index (χ0n) is 29.6. The van der Waals surface area contributed by atoms with Gasteiger partial charge in [-0.05, 0) is 87.2 Å². The van der Waals surface area contributed by atoms with Crippen LogP contribution in [0.4, 0.5) is 30.7 Å². The minimum Gasteiger partial charge on any atom is -0.490 e. The highest BCUT2D eigenvalue weighted by molar-refractivity contribution is 6.00. The van der Waals surface area contributed by atoms with Crippen LogP contribution in [-0.4, -0.2) is 79.5 Å².